The lowest BCUT2D eigenvalue weighted by atomic mass is 10.0. The zero-order valence-corrected chi connectivity index (χ0v) is 15.6. The lowest BCUT2D eigenvalue weighted by molar-refractivity contribution is -0.137. The van der Waals surface area contributed by atoms with E-state index < -0.39 is 11.7 Å². The summed E-state index contributed by atoms with van der Waals surface area (Å²) in [6.07, 6.45) is -0.445. The van der Waals surface area contributed by atoms with Crippen LogP contribution in [0.2, 0.25) is 0 Å². The summed E-state index contributed by atoms with van der Waals surface area (Å²) < 4.78 is 39.9. The van der Waals surface area contributed by atoms with E-state index in [0.29, 0.717) is 0 Å². The van der Waals surface area contributed by atoms with Crippen molar-refractivity contribution in [2.45, 2.75) is 33.5 Å². The molecule has 1 N–H and O–H groups in total. The number of rotatable bonds is 4. The molecule has 1 amide bonds. The van der Waals surface area contributed by atoms with E-state index in [0.717, 1.165) is 29.0 Å². The molecule has 0 aliphatic rings. The second kappa shape index (κ2) is 7.46. The van der Waals surface area contributed by atoms with E-state index in [1.54, 1.807) is 6.08 Å². The number of fused-ring (bicyclic) bond motifs is 1. The molecule has 2 heterocycles. The zero-order valence-electron chi connectivity index (χ0n) is 15.6. The van der Waals surface area contributed by atoms with Gasteiger partial charge < -0.3 is 5.32 Å². The van der Waals surface area contributed by atoms with Gasteiger partial charge in [0.15, 0.2) is 11.5 Å². The van der Waals surface area contributed by atoms with Crippen LogP contribution in [0.25, 0.3) is 11.7 Å². The highest BCUT2D eigenvalue weighted by molar-refractivity contribution is 5.91. The molecule has 8 heteroatoms. The predicted molar refractivity (Wildman–Crippen MR) is 99.5 cm³/mol. The van der Waals surface area contributed by atoms with Gasteiger partial charge in [-0.25, -0.2) is 0 Å². The van der Waals surface area contributed by atoms with Crippen LogP contribution in [0.5, 0.6) is 0 Å². The molecule has 0 spiro atoms. The predicted octanol–water partition coefficient (Wildman–Crippen LogP) is 4.00. The smallest absolute Gasteiger partial charge is 0.345 e. The topological polar surface area (TPSA) is 59.3 Å². The maximum absolute atomic E-state index is 12.9. The lowest BCUT2D eigenvalue weighted by Gasteiger charge is -2.08. The molecule has 0 bridgehead atoms. The molecular formula is C20H19F3N4O. The highest BCUT2D eigenvalue weighted by Crippen LogP contribution is 2.29. The van der Waals surface area contributed by atoms with Gasteiger partial charge in [-0.2, -0.15) is 13.2 Å². The number of pyridine rings is 1. The van der Waals surface area contributed by atoms with Crippen molar-refractivity contribution >= 4 is 17.6 Å². The molecule has 0 radical (unpaired) electrons. The standard InChI is InChI=1S/C20H19F3N4O/c1-12-8-14(3)15(9-13(12)2)4-7-19(28)24-10-18-26-25-17-6-5-16(11-27(17)18)20(21,22)23/h4-9,11H,10H2,1-3H3,(H,24,28). The monoisotopic (exact) mass is 388 g/mol. The summed E-state index contributed by atoms with van der Waals surface area (Å²) >= 11 is 0. The molecule has 5 nitrogen and oxygen atoms in total. The first-order chi connectivity index (χ1) is 13.1. The molecule has 0 atom stereocenters. The molecule has 0 unspecified atom stereocenters. The molecule has 28 heavy (non-hydrogen) atoms. The number of amides is 1. The molecular weight excluding hydrogens is 369 g/mol. The normalized spacial score (nSPS) is 12.1. The summed E-state index contributed by atoms with van der Waals surface area (Å²) in [6.45, 7) is 5.94. The third-order valence-corrected chi connectivity index (χ3v) is 4.52. The van der Waals surface area contributed by atoms with Crippen molar-refractivity contribution in [3.8, 4) is 0 Å². The Balaban J connectivity index is 1.72. The number of nitrogens with one attached hydrogen (secondary N) is 1. The maximum Gasteiger partial charge on any atom is 0.417 e. The van der Waals surface area contributed by atoms with Gasteiger partial charge in [0.05, 0.1) is 12.1 Å². The number of halogens is 3. The van der Waals surface area contributed by atoms with Crippen molar-refractivity contribution in [1.29, 1.82) is 0 Å². The number of carbonyl (C=O) groups excluding carboxylic acids is 1. The first-order valence-corrected chi connectivity index (χ1v) is 8.60. The van der Waals surface area contributed by atoms with Crippen molar-refractivity contribution in [1.82, 2.24) is 19.9 Å². The van der Waals surface area contributed by atoms with Crippen molar-refractivity contribution in [2.75, 3.05) is 0 Å². The Bertz CT molecular complexity index is 1070. The van der Waals surface area contributed by atoms with E-state index in [-0.39, 0.29) is 23.9 Å². The van der Waals surface area contributed by atoms with Gasteiger partial charge in [0.1, 0.15) is 0 Å². The third-order valence-electron chi connectivity index (χ3n) is 4.52. The van der Waals surface area contributed by atoms with Crippen LogP contribution in [0, 0.1) is 20.8 Å². The summed E-state index contributed by atoms with van der Waals surface area (Å²) in [5.41, 5.74) is 3.75. The fraction of sp³-hybridized carbons (Fsp3) is 0.250. The van der Waals surface area contributed by atoms with Crippen LogP contribution in [0.4, 0.5) is 13.2 Å². The number of benzene rings is 1. The average molecular weight is 388 g/mol. The first-order valence-electron chi connectivity index (χ1n) is 8.60. The SMILES string of the molecule is Cc1cc(C)c(C=CC(=O)NCc2nnc3ccc(C(F)(F)F)cn23)cc1C. The summed E-state index contributed by atoms with van der Waals surface area (Å²) in [5.74, 6) is -0.161. The van der Waals surface area contributed by atoms with Crippen LogP contribution >= 0.6 is 0 Å². The fourth-order valence-electron chi connectivity index (χ4n) is 2.78. The van der Waals surface area contributed by atoms with Gasteiger partial charge >= 0.3 is 6.18 Å². The van der Waals surface area contributed by atoms with E-state index in [9.17, 15) is 18.0 Å². The second-order valence-electron chi connectivity index (χ2n) is 6.60. The van der Waals surface area contributed by atoms with Crippen molar-refractivity contribution in [3.05, 3.63) is 70.2 Å². The van der Waals surface area contributed by atoms with Crippen LogP contribution in [-0.2, 0) is 17.5 Å². The molecule has 3 rings (SSSR count). The number of alkyl halides is 3. The van der Waals surface area contributed by atoms with E-state index in [1.165, 1.54) is 22.1 Å². The minimum Gasteiger partial charge on any atom is -0.345 e. The van der Waals surface area contributed by atoms with Gasteiger partial charge in [0, 0.05) is 12.3 Å². The first kappa shape index (κ1) is 19.6. The molecule has 0 saturated heterocycles. The lowest BCUT2D eigenvalue weighted by Crippen LogP contribution is -2.22. The number of hydrogen-bond donors (Lipinski definition) is 1. The maximum atomic E-state index is 12.9. The molecule has 0 fully saturated rings. The van der Waals surface area contributed by atoms with Crippen LogP contribution in [0.1, 0.15) is 33.6 Å². The fourth-order valence-corrected chi connectivity index (χ4v) is 2.78. The number of hydrogen-bond acceptors (Lipinski definition) is 3. The minimum absolute atomic E-state index is 0.0441. The Hall–Kier alpha value is -3.16. The average Bonchev–Trinajstić information content (AvgIpc) is 3.03. The largest absolute Gasteiger partial charge is 0.417 e. The molecule has 2 aromatic heterocycles. The summed E-state index contributed by atoms with van der Waals surface area (Å²) in [7, 11) is 0. The summed E-state index contributed by atoms with van der Waals surface area (Å²) in [4.78, 5) is 12.1. The Morgan fingerprint density at radius 3 is 2.54 bits per heavy atom. The quantitative estimate of drug-likeness (QED) is 0.688. The number of aromatic nitrogens is 3. The summed E-state index contributed by atoms with van der Waals surface area (Å²) in [6, 6.07) is 6.23. The molecule has 0 saturated carbocycles. The van der Waals surface area contributed by atoms with E-state index >= 15 is 0 Å². The Morgan fingerprint density at radius 2 is 1.82 bits per heavy atom. The van der Waals surface area contributed by atoms with Gasteiger partial charge in [0.25, 0.3) is 0 Å². The number of nitrogens with zero attached hydrogens (tertiary/aromatic N) is 3. The third kappa shape index (κ3) is 4.21. The second-order valence-corrected chi connectivity index (χ2v) is 6.60. The highest BCUT2D eigenvalue weighted by Gasteiger charge is 2.31. The minimum atomic E-state index is -4.47. The zero-order chi connectivity index (χ0) is 20.5. The molecule has 0 aliphatic heterocycles. The van der Waals surface area contributed by atoms with Gasteiger partial charge in [-0.15, -0.1) is 10.2 Å². The van der Waals surface area contributed by atoms with Crippen molar-refractivity contribution in [3.63, 3.8) is 0 Å². The van der Waals surface area contributed by atoms with Crippen LogP contribution < -0.4 is 5.32 Å². The highest BCUT2D eigenvalue weighted by atomic mass is 19.4. The van der Waals surface area contributed by atoms with Crippen LogP contribution in [-0.4, -0.2) is 20.5 Å². The molecule has 3 aromatic rings. The Labute approximate surface area is 159 Å². The molecule has 1 aromatic carbocycles. The van der Waals surface area contributed by atoms with Crippen molar-refractivity contribution < 1.29 is 18.0 Å². The van der Waals surface area contributed by atoms with Crippen LogP contribution in [0.3, 0.4) is 0 Å². The van der Waals surface area contributed by atoms with Crippen LogP contribution in [0.15, 0.2) is 36.5 Å². The van der Waals surface area contributed by atoms with Gasteiger partial charge in [-0.3, -0.25) is 9.20 Å². The van der Waals surface area contributed by atoms with E-state index in [2.05, 4.69) is 15.5 Å². The van der Waals surface area contributed by atoms with Crippen molar-refractivity contribution in [2.24, 2.45) is 0 Å². The Kier molecular flexibility index (Phi) is 5.22. The van der Waals surface area contributed by atoms with Gasteiger partial charge in [-0.1, -0.05) is 12.1 Å². The Morgan fingerprint density at radius 1 is 1.11 bits per heavy atom. The van der Waals surface area contributed by atoms with Gasteiger partial charge in [0.2, 0.25) is 5.91 Å². The molecule has 146 valence electrons. The van der Waals surface area contributed by atoms with E-state index in [4.69, 9.17) is 0 Å². The summed E-state index contributed by atoms with van der Waals surface area (Å²) in [5, 5.41) is 10.3. The number of carbonyl (C=O) groups is 1. The number of aryl methyl sites for hydroxylation is 3. The van der Waals surface area contributed by atoms with Gasteiger partial charge in [-0.05, 0) is 61.2 Å². The van der Waals surface area contributed by atoms with E-state index in [1.807, 2.05) is 32.9 Å². The molecule has 0 aliphatic carbocycles.